The third-order valence-corrected chi connectivity index (χ3v) is 2.93. The fourth-order valence-electron chi connectivity index (χ4n) is 0.583. The summed E-state index contributed by atoms with van der Waals surface area (Å²) >= 11 is 0. The molecule has 4 heteroatoms. The predicted molar refractivity (Wildman–Crippen MR) is 49.6 cm³/mol. The number of rotatable bonds is 2. The van der Waals surface area contributed by atoms with E-state index in [4.69, 9.17) is 4.43 Å². The van der Waals surface area contributed by atoms with Gasteiger partial charge in [-0.15, -0.1) is 0 Å². The van der Waals surface area contributed by atoms with Gasteiger partial charge in [-0.3, -0.25) is 0 Å². The molecule has 0 fully saturated rings. The topological polar surface area (TPSA) is 9.23 Å². The number of hydrogen-bond donors (Lipinski definition) is 0. The second-order valence-corrected chi connectivity index (χ2v) is 5.56. The molecule has 0 aromatic heterocycles. The van der Waals surface area contributed by atoms with Crippen LogP contribution < -0.4 is 12.4 Å². The van der Waals surface area contributed by atoms with E-state index >= 15 is 0 Å². The van der Waals surface area contributed by atoms with Crippen molar-refractivity contribution in [3.05, 3.63) is 6.55 Å². The third kappa shape index (κ3) is 14.1. The second kappa shape index (κ2) is 7.86. The first-order valence-corrected chi connectivity index (χ1v) is 5.57. The van der Waals surface area contributed by atoms with Gasteiger partial charge in [0.15, 0.2) is 0 Å². The molecular formula is C7H17ClMgOSi. The van der Waals surface area contributed by atoms with Gasteiger partial charge in [0.25, 0.3) is 0 Å². The zero-order valence-electron chi connectivity index (χ0n) is 7.98. The van der Waals surface area contributed by atoms with E-state index in [0.29, 0.717) is 0 Å². The molecule has 0 saturated carbocycles. The molecule has 1 unspecified atom stereocenters. The summed E-state index contributed by atoms with van der Waals surface area (Å²) in [5.41, 5.74) is 0.0225. The summed E-state index contributed by atoms with van der Waals surface area (Å²) in [6.07, 6.45) is 0. The minimum Gasteiger partial charge on any atom is -1.00 e. The van der Waals surface area contributed by atoms with Crippen LogP contribution in [0.3, 0.4) is 0 Å². The maximum Gasteiger partial charge on any atom is 2.00 e. The van der Waals surface area contributed by atoms with E-state index in [2.05, 4.69) is 34.2 Å². The van der Waals surface area contributed by atoms with Gasteiger partial charge < -0.3 is 23.4 Å². The van der Waals surface area contributed by atoms with Crippen molar-refractivity contribution in [2.45, 2.75) is 39.3 Å². The molecule has 0 aliphatic rings. The minimum absolute atomic E-state index is 0. The van der Waals surface area contributed by atoms with Crippen molar-refractivity contribution in [3.63, 3.8) is 0 Å². The van der Waals surface area contributed by atoms with Crippen LogP contribution in [0.4, 0.5) is 0 Å². The van der Waals surface area contributed by atoms with Crippen LogP contribution in [0.1, 0.15) is 27.7 Å². The summed E-state index contributed by atoms with van der Waals surface area (Å²) in [6.45, 7) is 12.3. The molecule has 64 valence electrons. The van der Waals surface area contributed by atoms with Gasteiger partial charge in [0.05, 0.1) is 0 Å². The van der Waals surface area contributed by atoms with E-state index in [9.17, 15) is 0 Å². The molecular weight excluding hydrogens is 188 g/mol. The molecule has 1 nitrogen and oxygen atoms in total. The van der Waals surface area contributed by atoms with E-state index < -0.39 is 9.04 Å². The van der Waals surface area contributed by atoms with Crippen molar-refractivity contribution in [2.24, 2.45) is 0 Å². The molecule has 0 spiro atoms. The van der Waals surface area contributed by atoms with Crippen molar-refractivity contribution >= 4 is 32.1 Å². The van der Waals surface area contributed by atoms with Crippen LogP contribution in [0.15, 0.2) is 0 Å². The van der Waals surface area contributed by atoms with Crippen molar-refractivity contribution in [1.82, 2.24) is 0 Å². The monoisotopic (exact) mass is 204 g/mol. The molecule has 0 N–H and O–H groups in total. The molecule has 0 heterocycles. The fourth-order valence-corrected chi connectivity index (χ4v) is 1.75. The van der Waals surface area contributed by atoms with Crippen LogP contribution >= 0.6 is 0 Å². The standard InChI is InChI=1S/C7H17OSi.ClH.Mg/c1-6-9(5)8-7(2,3)4;;/h9H,5-6H2,1-4H3;1H;/q-1;;+2/p-1. The summed E-state index contributed by atoms with van der Waals surface area (Å²) < 4.78 is 5.61. The van der Waals surface area contributed by atoms with E-state index in [0.717, 1.165) is 6.04 Å². The molecule has 0 aliphatic carbocycles. The van der Waals surface area contributed by atoms with Gasteiger partial charge in [-0.25, -0.2) is 0 Å². The molecule has 1 atom stereocenters. The Labute approximate surface area is 94.6 Å². The average Bonchev–Trinajstić information content (AvgIpc) is 1.62. The normalized spacial score (nSPS) is 12.8. The Balaban J connectivity index is -0.000000320. The van der Waals surface area contributed by atoms with E-state index in [1.165, 1.54) is 0 Å². The molecule has 0 rings (SSSR count). The molecule has 0 amide bonds. The predicted octanol–water partition coefficient (Wildman–Crippen LogP) is -1.46. The van der Waals surface area contributed by atoms with Crippen LogP contribution in [0.2, 0.25) is 6.04 Å². The maximum absolute atomic E-state index is 5.61. The van der Waals surface area contributed by atoms with Crippen molar-refractivity contribution < 1.29 is 16.8 Å². The van der Waals surface area contributed by atoms with Crippen molar-refractivity contribution in [1.29, 1.82) is 0 Å². The van der Waals surface area contributed by atoms with Crippen molar-refractivity contribution in [3.8, 4) is 0 Å². The Bertz CT molecular complexity index is 85.0. The third-order valence-electron chi connectivity index (χ3n) is 0.976. The van der Waals surface area contributed by atoms with Gasteiger partial charge in [0.2, 0.25) is 0 Å². The Hall–Kier alpha value is 1.23. The number of halogens is 1. The van der Waals surface area contributed by atoms with Gasteiger partial charge in [-0.05, 0) is 20.8 Å². The Morgan fingerprint density at radius 2 is 1.73 bits per heavy atom. The Kier molecular flexibility index (Phi) is 12.9. The molecule has 11 heavy (non-hydrogen) atoms. The summed E-state index contributed by atoms with van der Waals surface area (Å²) in [5.74, 6) is 0. The molecule has 0 bridgehead atoms. The van der Waals surface area contributed by atoms with Crippen LogP contribution in [0, 0.1) is 6.55 Å². The summed E-state index contributed by atoms with van der Waals surface area (Å²) in [6, 6.07) is 1.12. The van der Waals surface area contributed by atoms with Gasteiger partial charge in [-0.1, -0.05) is 13.0 Å². The molecule has 0 aromatic rings. The number of hydrogen-bond acceptors (Lipinski definition) is 1. The van der Waals surface area contributed by atoms with Gasteiger partial charge in [-0.2, -0.15) is 0 Å². The molecule has 0 saturated heterocycles. The fraction of sp³-hybridized carbons (Fsp3) is 0.857. The quantitative estimate of drug-likeness (QED) is 0.395. The minimum atomic E-state index is -1.06. The van der Waals surface area contributed by atoms with Crippen LogP contribution in [0.5, 0.6) is 0 Å². The van der Waals surface area contributed by atoms with Crippen molar-refractivity contribution in [2.75, 3.05) is 0 Å². The maximum atomic E-state index is 5.61. The first kappa shape index (κ1) is 18.1. The SMILES string of the molecule is [CH2-][SiH](CC)OC(C)(C)C.[Cl-].[Mg+2]. The van der Waals surface area contributed by atoms with Gasteiger partial charge in [0, 0.05) is 14.6 Å². The first-order valence-electron chi connectivity index (χ1n) is 3.46. The van der Waals surface area contributed by atoms with E-state index in [-0.39, 0.29) is 41.1 Å². The smallest absolute Gasteiger partial charge is 1.00 e. The zero-order valence-corrected chi connectivity index (χ0v) is 11.3. The summed E-state index contributed by atoms with van der Waals surface area (Å²) in [5, 5.41) is 0. The second-order valence-electron chi connectivity index (χ2n) is 3.26. The molecule has 0 aromatic carbocycles. The molecule has 0 radical (unpaired) electrons. The largest absolute Gasteiger partial charge is 2.00 e. The first-order chi connectivity index (χ1) is 3.95. The zero-order chi connectivity index (χ0) is 7.49. The van der Waals surface area contributed by atoms with E-state index in [1.54, 1.807) is 0 Å². The summed E-state index contributed by atoms with van der Waals surface area (Å²) in [7, 11) is -1.06. The summed E-state index contributed by atoms with van der Waals surface area (Å²) in [4.78, 5) is 0. The van der Waals surface area contributed by atoms with Gasteiger partial charge >= 0.3 is 23.1 Å². The van der Waals surface area contributed by atoms with Crippen LogP contribution in [-0.4, -0.2) is 37.7 Å². The molecule has 0 aliphatic heterocycles. The average molecular weight is 205 g/mol. The van der Waals surface area contributed by atoms with Gasteiger partial charge in [0.1, 0.15) is 0 Å². The Morgan fingerprint density at radius 1 is 1.36 bits per heavy atom. The van der Waals surface area contributed by atoms with E-state index in [1.807, 2.05) is 0 Å². The Morgan fingerprint density at radius 3 is 1.82 bits per heavy atom. The van der Waals surface area contributed by atoms with Crippen LogP contribution in [-0.2, 0) is 4.43 Å². The van der Waals surface area contributed by atoms with Crippen LogP contribution in [0.25, 0.3) is 0 Å².